The van der Waals surface area contributed by atoms with Gasteiger partial charge in [0.05, 0.1) is 5.54 Å². The van der Waals surface area contributed by atoms with Gasteiger partial charge in [0.2, 0.25) is 0 Å². The summed E-state index contributed by atoms with van der Waals surface area (Å²) in [6.45, 7) is 5.85. The number of para-hydroxylation sites is 1. The Morgan fingerprint density at radius 3 is 2.60 bits per heavy atom. The first-order valence-corrected chi connectivity index (χ1v) is 4.64. The Bertz CT molecular complexity index is 471. The molecule has 2 N–H and O–H groups in total. The molecule has 1 aromatic carbocycles. The number of aromatic nitrogens is 1. The summed E-state index contributed by atoms with van der Waals surface area (Å²) in [5.41, 5.74) is 8.27. The Kier molecular flexibility index (Phi) is 3.07. The maximum Gasteiger partial charge on any atom is 0.170 e. The first-order valence-electron chi connectivity index (χ1n) is 4.64. The number of aryl methyl sites for hydroxylation is 1. The van der Waals surface area contributed by atoms with Crippen molar-refractivity contribution in [2.45, 2.75) is 26.3 Å². The molecule has 0 saturated carbocycles. The molecule has 2 rings (SSSR count). The van der Waals surface area contributed by atoms with Crippen molar-refractivity contribution in [2.75, 3.05) is 0 Å². The molecule has 0 bridgehead atoms. The zero-order chi connectivity index (χ0) is 10.3. The summed E-state index contributed by atoms with van der Waals surface area (Å²) < 4.78 is 5.28. The SMILES string of the molecule is Cc1cccc2c(C(C)(C)N)noc12.Cl. The molecule has 0 aliphatic rings. The van der Waals surface area contributed by atoms with Crippen molar-refractivity contribution in [2.24, 2.45) is 5.73 Å². The lowest BCUT2D eigenvalue weighted by Gasteiger charge is -2.14. The molecule has 0 aliphatic heterocycles. The molecule has 0 unspecified atom stereocenters. The number of nitrogens with zero attached hydrogens (tertiary/aromatic N) is 1. The van der Waals surface area contributed by atoms with Gasteiger partial charge >= 0.3 is 0 Å². The van der Waals surface area contributed by atoms with Crippen LogP contribution in [0.5, 0.6) is 0 Å². The Labute approximate surface area is 95.0 Å². The second kappa shape index (κ2) is 3.83. The van der Waals surface area contributed by atoms with Crippen LogP contribution in [0.3, 0.4) is 0 Å². The van der Waals surface area contributed by atoms with Crippen LogP contribution in [0.25, 0.3) is 11.0 Å². The Balaban J connectivity index is 0.00000112. The largest absolute Gasteiger partial charge is 0.356 e. The summed E-state index contributed by atoms with van der Waals surface area (Å²) in [6, 6.07) is 5.98. The molecule has 0 amide bonds. The molecule has 0 fully saturated rings. The van der Waals surface area contributed by atoms with Crippen LogP contribution in [-0.4, -0.2) is 5.16 Å². The van der Waals surface area contributed by atoms with E-state index in [0.717, 1.165) is 22.2 Å². The van der Waals surface area contributed by atoms with Crippen molar-refractivity contribution in [1.82, 2.24) is 5.16 Å². The summed E-state index contributed by atoms with van der Waals surface area (Å²) in [5.74, 6) is 0. The smallest absolute Gasteiger partial charge is 0.170 e. The third-order valence-electron chi connectivity index (χ3n) is 2.31. The third-order valence-corrected chi connectivity index (χ3v) is 2.31. The monoisotopic (exact) mass is 226 g/mol. The van der Waals surface area contributed by atoms with Gasteiger partial charge in [-0.2, -0.15) is 0 Å². The molecule has 1 heterocycles. The molecule has 0 radical (unpaired) electrons. The topological polar surface area (TPSA) is 52.0 Å². The minimum atomic E-state index is -0.459. The molecular formula is C11H15ClN2O. The van der Waals surface area contributed by atoms with Crippen molar-refractivity contribution in [1.29, 1.82) is 0 Å². The molecular weight excluding hydrogens is 212 g/mol. The lowest BCUT2D eigenvalue weighted by Crippen LogP contribution is -2.29. The molecule has 0 atom stereocenters. The Morgan fingerprint density at radius 2 is 2.00 bits per heavy atom. The second-order valence-corrected chi connectivity index (χ2v) is 4.20. The van der Waals surface area contributed by atoms with E-state index in [1.54, 1.807) is 0 Å². The van der Waals surface area contributed by atoms with Crippen LogP contribution < -0.4 is 5.73 Å². The predicted molar refractivity (Wildman–Crippen MR) is 63.2 cm³/mol. The van der Waals surface area contributed by atoms with Crippen molar-refractivity contribution in [3.8, 4) is 0 Å². The zero-order valence-corrected chi connectivity index (χ0v) is 9.89. The highest BCUT2D eigenvalue weighted by molar-refractivity contribution is 5.85. The van der Waals surface area contributed by atoms with E-state index >= 15 is 0 Å². The molecule has 2 aromatic rings. The summed E-state index contributed by atoms with van der Waals surface area (Å²) in [7, 11) is 0. The van der Waals surface area contributed by atoms with Crippen LogP contribution in [0.1, 0.15) is 25.1 Å². The maximum atomic E-state index is 5.99. The average molecular weight is 227 g/mol. The fourth-order valence-corrected chi connectivity index (χ4v) is 1.57. The van der Waals surface area contributed by atoms with Crippen molar-refractivity contribution >= 4 is 23.4 Å². The number of nitrogens with two attached hydrogens (primary N) is 1. The maximum absolute atomic E-state index is 5.99. The van der Waals surface area contributed by atoms with Gasteiger partial charge < -0.3 is 10.3 Å². The molecule has 1 aromatic heterocycles. The first-order chi connectivity index (χ1) is 6.50. The average Bonchev–Trinajstić information content (AvgIpc) is 2.47. The van der Waals surface area contributed by atoms with Gasteiger partial charge in [-0.25, -0.2) is 0 Å². The van der Waals surface area contributed by atoms with Crippen LogP contribution in [0.4, 0.5) is 0 Å². The van der Waals surface area contributed by atoms with E-state index in [-0.39, 0.29) is 12.4 Å². The quantitative estimate of drug-likeness (QED) is 0.814. The third kappa shape index (κ3) is 1.98. The summed E-state index contributed by atoms with van der Waals surface area (Å²) in [6.07, 6.45) is 0. The normalized spacial score (nSPS) is 11.5. The van der Waals surface area contributed by atoms with E-state index < -0.39 is 5.54 Å². The highest BCUT2D eigenvalue weighted by atomic mass is 35.5. The molecule has 3 nitrogen and oxygen atoms in total. The number of halogens is 1. The van der Waals surface area contributed by atoms with E-state index in [2.05, 4.69) is 5.16 Å². The molecule has 82 valence electrons. The minimum Gasteiger partial charge on any atom is -0.356 e. The summed E-state index contributed by atoms with van der Waals surface area (Å²) >= 11 is 0. The number of fused-ring (bicyclic) bond motifs is 1. The van der Waals surface area contributed by atoms with E-state index in [9.17, 15) is 0 Å². The Hall–Kier alpha value is -1.06. The van der Waals surface area contributed by atoms with E-state index in [4.69, 9.17) is 10.3 Å². The van der Waals surface area contributed by atoms with Crippen LogP contribution in [0.2, 0.25) is 0 Å². The molecule has 4 heteroatoms. The fraction of sp³-hybridized carbons (Fsp3) is 0.364. The minimum absolute atomic E-state index is 0. The lowest BCUT2D eigenvalue weighted by molar-refractivity contribution is 0.412. The first kappa shape index (κ1) is 12.0. The van der Waals surface area contributed by atoms with Gasteiger partial charge in [0.1, 0.15) is 5.69 Å². The molecule has 15 heavy (non-hydrogen) atoms. The van der Waals surface area contributed by atoms with Crippen LogP contribution in [-0.2, 0) is 5.54 Å². The zero-order valence-electron chi connectivity index (χ0n) is 9.07. The van der Waals surface area contributed by atoms with E-state index in [1.807, 2.05) is 39.0 Å². The highest BCUT2D eigenvalue weighted by Gasteiger charge is 2.22. The number of benzene rings is 1. The number of rotatable bonds is 1. The highest BCUT2D eigenvalue weighted by Crippen LogP contribution is 2.27. The summed E-state index contributed by atoms with van der Waals surface area (Å²) in [4.78, 5) is 0. The van der Waals surface area contributed by atoms with Gasteiger partial charge in [0.25, 0.3) is 0 Å². The van der Waals surface area contributed by atoms with Crippen LogP contribution >= 0.6 is 12.4 Å². The van der Waals surface area contributed by atoms with Crippen LogP contribution in [0.15, 0.2) is 22.7 Å². The fourth-order valence-electron chi connectivity index (χ4n) is 1.57. The number of hydrogen-bond donors (Lipinski definition) is 1. The van der Waals surface area contributed by atoms with E-state index in [0.29, 0.717) is 0 Å². The van der Waals surface area contributed by atoms with Crippen molar-refractivity contribution in [3.63, 3.8) is 0 Å². The van der Waals surface area contributed by atoms with Gasteiger partial charge in [-0.05, 0) is 32.4 Å². The van der Waals surface area contributed by atoms with Gasteiger partial charge in [-0.1, -0.05) is 17.3 Å². The molecule has 0 saturated heterocycles. The summed E-state index contributed by atoms with van der Waals surface area (Å²) in [5, 5.41) is 5.04. The second-order valence-electron chi connectivity index (χ2n) is 4.20. The predicted octanol–water partition coefficient (Wildman–Crippen LogP) is 2.75. The Morgan fingerprint density at radius 1 is 1.33 bits per heavy atom. The van der Waals surface area contributed by atoms with Gasteiger partial charge in [0, 0.05) is 5.39 Å². The van der Waals surface area contributed by atoms with Gasteiger partial charge in [-0.3, -0.25) is 0 Å². The molecule has 0 aliphatic carbocycles. The number of hydrogen-bond acceptors (Lipinski definition) is 3. The van der Waals surface area contributed by atoms with Gasteiger partial charge in [-0.15, -0.1) is 12.4 Å². The van der Waals surface area contributed by atoms with Crippen molar-refractivity contribution < 1.29 is 4.52 Å². The standard InChI is InChI=1S/C11H14N2O.ClH/c1-7-5-4-6-8-9(7)14-13-10(8)11(2,3)12;/h4-6H,12H2,1-3H3;1H. The van der Waals surface area contributed by atoms with Crippen LogP contribution in [0, 0.1) is 6.92 Å². The molecule has 0 spiro atoms. The lowest BCUT2D eigenvalue weighted by atomic mass is 9.98. The van der Waals surface area contributed by atoms with Gasteiger partial charge in [0.15, 0.2) is 5.58 Å². The van der Waals surface area contributed by atoms with Crippen molar-refractivity contribution in [3.05, 3.63) is 29.5 Å². The van der Waals surface area contributed by atoms with E-state index in [1.165, 1.54) is 0 Å².